The summed E-state index contributed by atoms with van der Waals surface area (Å²) < 4.78 is 19.2. The largest absolute Gasteiger partial charge is 0.481 e. The molecule has 5 nitrogen and oxygen atoms in total. The van der Waals surface area contributed by atoms with Crippen molar-refractivity contribution < 1.29 is 18.7 Å². The van der Waals surface area contributed by atoms with Gasteiger partial charge < -0.3 is 15.0 Å². The summed E-state index contributed by atoms with van der Waals surface area (Å²) in [6.45, 7) is 2.55. The molecule has 1 heterocycles. The summed E-state index contributed by atoms with van der Waals surface area (Å²) in [5.74, 6) is -0.368. The normalized spacial score (nSPS) is 15.7. The van der Waals surface area contributed by atoms with E-state index in [-0.39, 0.29) is 11.5 Å². The first-order valence-electron chi connectivity index (χ1n) is 9.69. The zero-order chi connectivity index (χ0) is 21.1. The molecule has 1 aliphatic heterocycles. The van der Waals surface area contributed by atoms with Gasteiger partial charge >= 0.3 is 0 Å². The van der Waals surface area contributed by atoms with Gasteiger partial charge in [0.25, 0.3) is 11.8 Å². The fourth-order valence-electron chi connectivity index (χ4n) is 3.45. The number of halogens is 1. The molecule has 3 aromatic carbocycles. The zero-order valence-corrected chi connectivity index (χ0v) is 16.5. The predicted octanol–water partition coefficient (Wildman–Crippen LogP) is 4.39. The molecular formula is C24H21FN2O3. The Labute approximate surface area is 174 Å². The van der Waals surface area contributed by atoms with E-state index in [1.165, 1.54) is 18.2 Å². The highest BCUT2D eigenvalue weighted by molar-refractivity contribution is 6.04. The van der Waals surface area contributed by atoms with Crippen molar-refractivity contribution in [3.63, 3.8) is 0 Å². The third-order valence-corrected chi connectivity index (χ3v) is 4.95. The Balaban J connectivity index is 1.57. The van der Waals surface area contributed by atoms with E-state index in [9.17, 15) is 14.0 Å². The second-order valence-electron chi connectivity index (χ2n) is 7.23. The van der Waals surface area contributed by atoms with E-state index in [0.717, 1.165) is 11.1 Å². The molecule has 0 spiro atoms. The van der Waals surface area contributed by atoms with Crippen LogP contribution in [-0.4, -0.2) is 22.8 Å². The maximum absolute atomic E-state index is 13.4. The van der Waals surface area contributed by atoms with Crippen molar-refractivity contribution in [2.45, 2.75) is 26.1 Å². The highest BCUT2D eigenvalue weighted by atomic mass is 19.1. The van der Waals surface area contributed by atoms with Crippen molar-refractivity contribution in [1.82, 2.24) is 4.90 Å². The van der Waals surface area contributed by atoms with E-state index in [1.807, 2.05) is 30.3 Å². The quantitative estimate of drug-likeness (QED) is 0.702. The zero-order valence-electron chi connectivity index (χ0n) is 16.5. The number of amides is 2. The van der Waals surface area contributed by atoms with Crippen molar-refractivity contribution in [3.05, 3.63) is 95.3 Å². The predicted molar refractivity (Wildman–Crippen MR) is 112 cm³/mol. The van der Waals surface area contributed by atoms with E-state index >= 15 is 0 Å². The highest BCUT2D eigenvalue weighted by Crippen LogP contribution is 2.29. The van der Waals surface area contributed by atoms with Crippen LogP contribution in [0.1, 0.15) is 28.4 Å². The topological polar surface area (TPSA) is 58.6 Å². The summed E-state index contributed by atoms with van der Waals surface area (Å²) >= 11 is 0. The van der Waals surface area contributed by atoms with Crippen molar-refractivity contribution in [2.24, 2.45) is 0 Å². The molecule has 0 fully saturated rings. The van der Waals surface area contributed by atoms with Gasteiger partial charge in [-0.05, 0) is 48.9 Å². The van der Waals surface area contributed by atoms with Crippen LogP contribution in [-0.2, 0) is 17.9 Å². The van der Waals surface area contributed by atoms with Crippen LogP contribution in [0, 0.1) is 5.82 Å². The molecule has 0 saturated carbocycles. The van der Waals surface area contributed by atoms with Crippen molar-refractivity contribution >= 4 is 17.5 Å². The first-order valence-corrected chi connectivity index (χ1v) is 9.69. The lowest BCUT2D eigenvalue weighted by atomic mass is 10.1. The Morgan fingerprint density at radius 1 is 1.10 bits per heavy atom. The first-order chi connectivity index (χ1) is 14.5. The highest BCUT2D eigenvalue weighted by Gasteiger charge is 2.28. The summed E-state index contributed by atoms with van der Waals surface area (Å²) in [5, 5.41) is 2.78. The molecule has 1 N–H and O–H groups in total. The van der Waals surface area contributed by atoms with Gasteiger partial charge in [-0.15, -0.1) is 0 Å². The lowest BCUT2D eigenvalue weighted by Gasteiger charge is -2.22. The second-order valence-corrected chi connectivity index (χ2v) is 7.23. The Morgan fingerprint density at radius 3 is 2.67 bits per heavy atom. The van der Waals surface area contributed by atoms with Gasteiger partial charge in [0.05, 0.1) is 0 Å². The molecule has 6 heteroatoms. The molecule has 1 atom stereocenters. The molecule has 0 aliphatic carbocycles. The number of hydrogen-bond donors (Lipinski definition) is 1. The van der Waals surface area contributed by atoms with Crippen LogP contribution in [0.4, 0.5) is 10.1 Å². The molecule has 0 bridgehead atoms. The minimum absolute atomic E-state index is 0.0969. The van der Waals surface area contributed by atoms with Crippen molar-refractivity contribution in [2.75, 3.05) is 5.32 Å². The minimum Gasteiger partial charge on any atom is -0.481 e. The lowest BCUT2D eigenvalue weighted by Crippen LogP contribution is -2.37. The number of anilines is 1. The number of hydrogen-bond acceptors (Lipinski definition) is 3. The minimum atomic E-state index is -0.609. The number of fused-ring (bicyclic) bond motifs is 1. The number of nitrogens with one attached hydrogen (secondary N) is 1. The van der Waals surface area contributed by atoms with Crippen molar-refractivity contribution in [1.29, 1.82) is 0 Å². The lowest BCUT2D eigenvalue weighted by molar-refractivity contribution is -0.138. The smallest absolute Gasteiger partial charge is 0.263 e. The molecule has 3 aromatic rings. The molecule has 0 radical (unpaired) electrons. The van der Waals surface area contributed by atoms with E-state index in [4.69, 9.17) is 4.74 Å². The third kappa shape index (κ3) is 4.33. The standard InChI is InChI=1S/C24H21FN2O3/c1-16-24(29)27(14-17-6-3-2-4-7-17)15-19-13-21(10-11-22(19)30-16)26-23(28)18-8-5-9-20(25)12-18/h2-13,16H,14-15H2,1H3,(H,26,28)/t16-/m1/s1. The molecule has 30 heavy (non-hydrogen) atoms. The summed E-state index contributed by atoms with van der Waals surface area (Å²) in [4.78, 5) is 27.0. The average molecular weight is 404 g/mol. The van der Waals surface area contributed by atoms with Crippen LogP contribution in [0.25, 0.3) is 0 Å². The number of carbonyl (C=O) groups is 2. The molecule has 0 unspecified atom stereocenters. The fourth-order valence-corrected chi connectivity index (χ4v) is 3.45. The molecule has 0 aromatic heterocycles. The number of ether oxygens (including phenoxy) is 1. The molecule has 0 saturated heterocycles. The van der Waals surface area contributed by atoms with E-state index < -0.39 is 17.8 Å². The SMILES string of the molecule is C[C@H]1Oc2ccc(NC(=O)c3cccc(F)c3)cc2CN(Cc2ccccc2)C1=O. The Kier molecular flexibility index (Phi) is 5.48. The maximum Gasteiger partial charge on any atom is 0.263 e. The Morgan fingerprint density at radius 2 is 1.90 bits per heavy atom. The van der Waals surface area contributed by atoms with Crippen LogP contribution >= 0.6 is 0 Å². The number of carbonyl (C=O) groups excluding carboxylic acids is 2. The van der Waals surface area contributed by atoms with Crippen LogP contribution in [0.5, 0.6) is 5.75 Å². The van der Waals surface area contributed by atoms with E-state index in [2.05, 4.69) is 5.32 Å². The van der Waals surface area contributed by atoms with Gasteiger partial charge in [0.1, 0.15) is 11.6 Å². The molecule has 152 valence electrons. The van der Waals surface area contributed by atoms with Crippen LogP contribution in [0.15, 0.2) is 72.8 Å². The third-order valence-electron chi connectivity index (χ3n) is 4.95. The summed E-state index contributed by atoms with van der Waals surface area (Å²) in [5.41, 5.74) is 2.60. The van der Waals surface area contributed by atoms with Crippen molar-refractivity contribution in [3.8, 4) is 5.75 Å². The van der Waals surface area contributed by atoms with Gasteiger partial charge in [0.2, 0.25) is 0 Å². The van der Waals surface area contributed by atoms with Crippen LogP contribution < -0.4 is 10.1 Å². The summed E-state index contributed by atoms with van der Waals surface area (Å²) in [6, 6.07) is 20.5. The fraction of sp³-hybridized carbons (Fsp3) is 0.167. The molecule has 4 rings (SSSR count). The van der Waals surface area contributed by atoms with Gasteiger partial charge in [0.15, 0.2) is 6.10 Å². The molecule has 2 amide bonds. The van der Waals surface area contributed by atoms with Gasteiger partial charge in [0, 0.05) is 29.9 Å². The molecular weight excluding hydrogens is 383 g/mol. The first kappa shape index (κ1) is 19.6. The van der Waals surface area contributed by atoms with Gasteiger partial charge in [-0.2, -0.15) is 0 Å². The van der Waals surface area contributed by atoms with Gasteiger partial charge in [-0.25, -0.2) is 4.39 Å². The number of nitrogens with zero attached hydrogens (tertiary/aromatic N) is 1. The van der Waals surface area contributed by atoms with Gasteiger partial charge in [-0.3, -0.25) is 9.59 Å². The van der Waals surface area contributed by atoms with E-state index in [1.54, 1.807) is 36.1 Å². The Bertz CT molecular complexity index is 1080. The average Bonchev–Trinajstić information content (AvgIpc) is 2.85. The number of rotatable bonds is 4. The van der Waals surface area contributed by atoms with Gasteiger partial charge in [-0.1, -0.05) is 36.4 Å². The molecule has 1 aliphatic rings. The van der Waals surface area contributed by atoms with Crippen LogP contribution in [0.3, 0.4) is 0 Å². The summed E-state index contributed by atoms with van der Waals surface area (Å²) in [7, 11) is 0. The van der Waals surface area contributed by atoms with Crippen LogP contribution in [0.2, 0.25) is 0 Å². The Hall–Kier alpha value is -3.67. The number of benzene rings is 3. The summed E-state index contributed by atoms with van der Waals surface area (Å²) in [6.07, 6.45) is -0.609. The second kappa shape index (κ2) is 8.37. The maximum atomic E-state index is 13.4. The monoisotopic (exact) mass is 404 g/mol. The van der Waals surface area contributed by atoms with E-state index in [0.29, 0.717) is 24.5 Å².